The van der Waals surface area contributed by atoms with Crippen LogP contribution in [0.15, 0.2) is 30.5 Å². The third kappa shape index (κ3) is 4.86. The molecule has 36 heavy (non-hydrogen) atoms. The van der Waals surface area contributed by atoms with E-state index in [0.717, 1.165) is 56.7 Å². The van der Waals surface area contributed by atoms with Crippen molar-refractivity contribution in [2.45, 2.75) is 32.1 Å². The van der Waals surface area contributed by atoms with Crippen LogP contribution in [0.4, 0.5) is 23.1 Å². The molecular formula is C25H32N6O4S. The Balaban J connectivity index is 1.24. The van der Waals surface area contributed by atoms with E-state index in [4.69, 9.17) is 5.11 Å². The molecule has 2 unspecified atom stereocenters. The number of carbonyl (C=O) groups excluding carboxylic acids is 1. The topological polar surface area (TPSA) is 128 Å². The summed E-state index contributed by atoms with van der Waals surface area (Å²) in [5, 5.41) is 11.9. The third-order valence-corrected chi connectivity index (χ3v) is 9.43. The first-order valence-electron chi connectivity index (χ1n) is 12.7. The minimum atomic E-state index is -3.68. The van der Waals surface area contributed by atoms with E-state index in [1.807, 2.05) is 6.07 Å². The zero-order valence-electron chi connectivity index (χ0n) is 20.2. The van der Waals surface area contributed by atoms with Crippen LogP contribution in [0.5, 0.6) is 0 Å². The first kappa shape index (κ1) is 23.5. The van der Waals surface area contributed by atoms with E-state index in [0.29, 0.717) is 22.4 Å². The molecule has 3 heterocycles. The van der Waals surface area contributed by atoms with Gasteiger partial charge in [0, 0.05) is 32.4 Å². The molecule has 0 radical (unpaired) electrons. The second kappa shape index (κ2) is 8.88. The zero-order chi connectivity index (χ0) is 24.9. The fraction of sp³-hybridized carbons (Fsp3) is 0.560. The van der Waals surface area contributed by atoms with E-state index < -0.39 is 16.6 Å². The Morgan fingerprint density at radius 2 is 1.83 bits per heavy atom. The number of sulfonamides is 1. The molecule has 192 valence electrons. The summed E-state index contributed by atoms with van der Waals surface area (Å²) in [5.74, 6) is 1.91. The number of hydrogen-bond donors (Lipinski definition) is 3. The SMILES string of the molecule is O=C(Nc1nccc(N2CC3CC3C2)n1)c1ccc(NS(=O)(=O)CCO)cc1N1CCC2(CC1)CC2. The van der Waals surface area contributed by atoms with Crippen molar-refractivity contribution < 1.29 is 18.3 Å². The average Bonchev–Trinajstić information content (AvgIpc) is 3.76. The largest absolute Gasteiger partial charge is 0.395 e. The van der Waals surface area contributed by atoms with Crippen molar-refractivity contribution in [2.24, 2.45) is 17.3 Å². The quantitative estimate of drug-likeness (QED) is 0.492. The van der Waals surface area contributed by atoms with E-state index in [1.165, 1.54) is 19.3 Å². The Hall–Kier alpha value is -2.92. The Labute approximate surface area is 211 Å². The van der Waals surface area contributed by atoms with Gasteiger partial charge in [0.25, 0.3) is 5.91 Å². The van der Waals surface area contributed by atoms with Crippen molar-refractivity contribution in [3.63, 3.8) is 0 Å². The molecule has 2 aliphatic carbocycles. The van der Waals surface area contributed by atoms with Crippen LogP contribution in [0.1, 0.15) is 42.5 Å². The van der Waals surface area contributed by atoms with Gasteiger partial charge in [0.15, 0.2) is 0 Å². The summed E-state index contributed by atoms with van der Waals surface area (Å²) in [6, 6.07) is 6.80. The number of hydrogen-bond acceptors (Lipinski definition) is 8. The second-order valence-electron chi connectivity index (χ2n) is 10.7. The van der Waals surface area contributed by atoms with Crippen molar-refractivity contribution in [1.29, 1.82) is 0 Å². The van der Waals surface area contributed by atoms with Crippen molar-refractivity contribution >= 4 is 39.1 Å². The molecule has 1 aromatic carbocycles. The molecule has 6 rings (SSSR count). The van der Waals surface area contributed by atoms with Crippen molar-refractivity contribution in [3.05, 3.63) is 36.0 Å². The van der Waals surface area contributed by atoms with Crippen LogP contribution in [-0.2, 0) is 10.0 Å². The average molecular weight is 513 g/mol. The number of anilines is 4. The molecule has 11 heteroatoms. The second-order valence-corrected chi connectivity index (χ2v) is 12.6. The predicted octanol–water partition coefficient (Wildman–Crippen LogP) is 2.30. The van der Waals surface area contributed by atoms with Crippen LogP contribution in [0.3, 0.4) is 0 Å². The number of carbonyl (C=O) groups is 1. The van der Waals surface area contributed by atoms with Gasteiger partial charge in [-0.1, -0.05) is 0 Å². The lowest BCUT2D eigenvalue weighted by atomic mass is 9.93. The molecule has 2 aliphatic heterocycles. The van der Waals surface area contributed by atoms with Crippen LogP contribution in [0.25, 0.3) is 0 Å². The highest BCUT2D eigenvalue weighted by Crippen LogP contribution is 2.54. The molecule has 2 saturated heterocycles. The number of aliphatic hydroxyl groups excluding tert-OH is 1. The number of rotatable bonds is 8. The number of nitrogens with zero attached hydrogens (tertiary/aromatic N) is 4. The zero-order valence-corrected chi connectivity index (χ0v) is 21.0. The van der Waals surface area contributed by atoms with Gasteiger partial charge in [-0.15, -0.1) is 0 Å². The van der Waals surface area contributed by atoms with Crippen molar-refractivity contribution in [2.75, 3.05) is 58.4 Å². The van der Waals surface area contributed by atoms with Gasteiger partial charge >= 0.3 is 0 Å². The van der Waals surface area contributed by atoms with Gasteiger partial charge in [-0.05, 0) is 73.6 Å². The number of aromatic nitrogens is 2. The summed E-state index contributed by atoms with van der Waals surface area (Å²) in [4.78, 5) is 26.7. The lowest BCUT2D eigenvalue weighted by Crippen LogP contribution is -2.36. The van der Waals surface area contributed by atoms with Gasteiger partial charge in [0.05, 0.1) is 29.3 Å². The summed E-state index contributed by atoms with van der Waals surface area (Å²) < 4.78 is 27.0. The van der Waals surface area contributed by atoms with Gasteiger partial charge in [-0.25, -0.2) is 13.4 Å². The van der Waals surface area contributed by atoms with Crippen LogP contribution in [0, 0.1) is 17.3 Å². The minimum Gasteiger partial charge on any atom is -0.395 e. The lowest BCUT2D eigenvalue weighted by molar-refractivity contribution is 0.102. The van der Waals surface area contributed by atoms with E-state index in [9.17, 15) is 13.2 Å². The Bertz CT molecular complexity index is 1260. The van der Waals surface area contributed by atoms with Crippen LogP contribution in [0.2, 0.25) is 0 Å². The third-order valence-electron chi connectivity index (χ3n) is 8.17. The predicted molar refractivity (Wildman–Crippen MR) is 138 cm³/mol. The highest BCUT2D eigenvalue weighted by atomic mass is 32.2. The van der Waals surface area contributed by atoms with Gasteiger partial charge < -0.3 is 14.9 Å². The van der Waals surface area contributed by atoms with Gasteiger partial charge in [0.1, 0.15) is 5.82 Å². The molecular weight excluding hydrogens is 480 g/mol. The Morgan fingerprint density at radius 1 is 1.08 bits per heavy atom. The maximum Gasteiger partial charge on any atom is 0.260 e. The lowest BCUT2D eigenvalue weighted by Gasteiger charge is -2.35. The number of fused-ring (bicyclic) bond motifs is 1. The van der Waals surface area contributed by atoms with Crippen LogP contribution >= 0.6 is 0 Å². The first-order chi connectivity index (χ1) is 17.3. The maximum absolute atomic E-state index is 13.4. The molecule has 2 aromatic rings. The van der Waals surface area contributed by atoms with Gasteiger partial charge in [-0.2, -0.15) is 4.98 Å². The summed E-state index contributed by atoms with van der Waals surface area (Å²) in [6.45, 7) is 3.17. The minimum absolute atomic E-state index is 0.257. The van der Waals surface area contributed by atoms with Crippen LogP contribution in [-0.4, -0.2) is 67.9 Å². The summed E-state index contributed by atoms with van der Waals surface area (Å²) in [7, 11) is -3.68. The molecule has 2 atom stereocenters. The molecule has 3 N–H and O–H groups in total. The maximum atomic E-state index is 13.4. The molecule has 1 spiro atoms. The normalized spacial score (nSPS) is 23.9. The fourth-order valence-electron chi connectivity index (χ4n) is 5.64. The first-order valence-corrected chi connectivity index (χ1v) is 14.4. The van der Waals surface area contributed by atoms with Crippen molar-refractivity contribution in [3.8, 4) is 0 Å². The molecule has 4 fully saturated rings. The smallest absolute Gasteiger partial charge is 0.260 e. The molecule has 0 bridgehead atoms. The standard InChI is InChI=1S/C25H32N6O4S/c32-11-12-36(34,35)29-19-1-2-20(21(14-19)30-9-6-25(4-5-25)7-10-30)23(33)28-24-26-8-3-22(27-24)31-15-17-13-18(17)16-31/h1-3,8,14,17-18,29,32H,4-7,9-13,15-16H2,(H,26,27,28,33). The molecule has 10 nitrogen and oxygen atoms in total. The molecule has 4 aliphatic rings. The van der Waals surface area contributed by atoms with E-state index in [2.05, 4.69) is 29.8 Å². The van der Waals surface area contributed by atoms with Crippen molar-refractivity contribution in [1.82, 2.24) is 9.97 Å². The molecule has 1 amide bonds. The Kier molecular flexibility index (Phi) is 5.79. The number of benzene rings is 1. The number of piperidine rings is 2. The summed E-state index contributed by atoms with van der Waals surface area (Å²) in [5.41, 5.74) is 1.96. The Morgan fingerprint density at radius 3 is 2.53 bits per heavy atom. The fourth-order valence-corrected chi connectivity index (χ4v) is 6.47. The summed E-state index contributed by atoms with van der Waals surface area (Å²) >= 11 is 0. The highest BCUT2D eigenvalue weighted by molar-refractivity contribution is 7.92. The number of amides is 1. The van der Waals surface area contributed by atoms with E-state index in [1.54, 1.807) is 24.4 Å². The number of aliphatic hydroxyl groups is 1. The molecule has 2 saturated carbocycles. The highest BCUT2D eigenvalue weighted by Gasteiger charge is 2.46. The van der Waals surface area contributed by atoms with Gasteiger partial charge in [0.2, 0.25) is 16.0 Å². The van der Waals surface area contributed by atoms with E-state index >= 15 is 0 Å². The molecule has 1 aromatic heterocycles. The number of nitrogens with one attached hydrogen (secondary N) is 2. The summed E-state index contributed by atoms with van der Waals surface area (Å²) in [6.07, 6.45) is 7.64. The van der Waals surface area contributed by atoms with Crippen LogP contribution < -0.4 is 19.8 Å². The van der Waals surface area contributed by atoms with E-state index in [-0.39, 0.29) is 17.6 Å². The van der Waals surface area contributed by atoms with Gasteiger partial charge in [-0.3, -0.25) is 14.8 Å². The monoisotopic (exact) mass is 512 g/mol.